The van der Waals surface area contributed by atoms with Crippen molar-refractivity contribution in [2.24, 2.45) is 0 Å². The summed E-state index contributed by atoms with van der Waals surface area (Å²) in [6, 6.07) is -0.392. The monoisotopic (exact) mass is 408 g/mol. The van der Waals surface area contributed by atoms with Crippen LogP contribution in [-0.2, 0) is 14.3 Å². The fraction of sp³-hybridized carbons (Fsp3) is 0.632. The number of carbonyl (C=O) groups is 2. The standard InChI is InChI=1S/C19H28N4O4S/c24-13-16-15(21-17(25)6-10-23-8-2-1-3-9-23)5-4-14(27-16)12-18(26)22-19-20-7-11-28-19/h4-5,7,11,14-16,24H,1-3,6,8-10,12-13H2,(H,21,25)(H,20,22,26)/t14-,15+,16-/m1/s1. The molecular formula is C19H28N4O4S. The number of hydrogen-bond acceptors (Lipinski definition) is 7. The quantitative estimate of drug-likeness (QED) is 0.558. The van der Waals surface area contributed by atoms with Crippen molar-refractivity contribution in [1.82, 2.24) is 15.2 Å². The normalized spacial score (nSPS) is 25.4. The number of anilines is 1. The van der Waals surface area contributed by atoms with E-state index in [9.17, 15) is 14.7 Å². The molecule has 0 aliphatic carbocycles. The van der Waals surface area contributed by atoms with Gasteiger partial charge in [-0.15, -0.1) is 11.3 Å². The molecule has 1 aromatic rings. The van der Waals surface area contributed by atoms with Gasteiger partial charge in [-0.3, -0.25) is 9.59 Å². The largest absolute Gasteiger partial charge is 0.394 e. The second-order valence-electron chi connectivity index (χ2n) is 7.12. The van der Waals surface area contributed by atoms with Gasteiger partial charge in [0.25, 0.3) is 0 Å². The van der Waals surface area contributed by atoms with Crippen LogP contribution in [0, 0.1) is 0 Å². The number of aliphatic hydroxyl groups excluding tert-OH is 1. The fourth-order valence-electron chi connectivity index (χ4n) is 3.47. The molecule has 9 heteroatoms. The molecule has 154 valence electrons. The Labute approximate surface area is 169 Å². The minimum Gasteiger partial charge on any atom is -0.394 e. The summed E-state index contributed by atoms with van der Waals surface area (Å²) in [5, 5.41) is 17.6. The Morgan fingerprint density at radius 2 is 2.07 bits per heavy atom. The summed E-state index contributed by atoms with van der Waals surface area (Å²) in [4.78, 5) is 30.7. The molecule has 1 saturated heterocycles. The highest BCUT2D eigenvalue weighted by atomic mass is 32.1. The minimum absolute atomic E-state index is 0.0535. The molecule has 2 aliphatic heterocycles. The van der Waals surface area contributed by atoms with Crippen LogP contribution in [0.4, 0.5) is 5.13 Å². The number of piperidine rings is 1. The zero-order valence-electron chi connectivity index (χ0n) is 15.9. The van der Waals surface area contributed by atoms with Crippen molar-refractivity contribution in [2.75, 3.05) is 31.6 Å². The third-order valence-corrected chi connectivity index (χ3v) is 5.65. The molecule has 8 nitrogen and oxygen atoms in total. The number of thiazole rings is 1. The molecule has 0 aromatic carbocycles. The molecule has 3 heterocycles. The SMILES string of the molecule is O=C(C[C@H]1C=C[C@H](NC(=O)CCN2CCCCC2)[C@@H](CO)O1)Nc1nccs1. The maximum absolute atomic E-state index is 12.3. The van der Waals surface area contributed by atoms with Gasteiger partial charge in [0.1, 0.15) is 6.10 Å². The molecule has 0 unspecified atom stereocenters. The van der Waals surface area contributed by atoms with Gasteiger partial charge in [-0.2, -0.15) is 0 Å². The molecule has 3 N–H and O–H groups in total. The number of aliphatic hydroxyl groups is 1. The molecule has 0 bridgehead atoms. The van der Waals surface area contributed by atoms with Crippen LogP contribution in [0.1, 0.15) is 32.1 Å². The number of carbonyl (C=O) groups excluding carboxylic acids is 2. The smallest absolute Gasteiger partial charge is 0.229 e. The minimum atomic E-state index is -0.568. The highest BCUT2D eigenvalue weighted by molar-refractivity contribution is 7.13. The highest BCUT2D eigenvalue weighted by Gasteiger charge is 2.29. The average molecular weight is 409 g/mol. The molecular weight excluding hydrogens is 380 g/mol. The van der Waals surface area contributed by atoms with Crippen LogP contribution in [0.15, 0.2) is 23.7 Å². The number of hydrogen-bond donors (Lipinski definition) is 3. The van der Waals surface area contributed by atoms with Crippen molar-refractivity contribution in [3.63, 3.8) is 0 Å². The Hall–Kier alpha value is -1.81. The maximum Gasteiger partial charge on any atom is 0.229 e. The van der Waals surface area contributed by atoms with Crippen LogP contribution in [0.25, 0.3) is 0 Å². The van der Waals surface area contributed by atoms with Gasteiger partial charge in [0.15, 0.2) is 5.13 Å². The lowest BCUT2D eigenvalue weighted by atomic mass is 10.0. The van der Waals surface area contributed by atoms with Crippen molar-refractivity contribution in [3.05, 3.63) is 23.7 Å². The Kier molecular flexibility index (Phi) is 7.96. The summed E-state index contributed by atoms with van der Waals surface area (Å²) in [6.07, 6.45) is 8.42. The molecule has 1 fully saturated rings. The first kappa shape index (κ1) is 20.9. The first-order valence-electron chi connectivity index (χ1n) is 9.80. The first-order valence-corrected chi connectivity index (χ1v) is 10.7. The van der Waals surface area contributed by atoms with Crippen LogP contribution in [0.3, 0.4) is 0 Å². The molecule has 0 spiro atoms. The van der Waals surface area contributed by atoms with Crippen molar-refractivity contribution in [1.29, 1.82) is 0 Å². The van der Waals surface area contributed by atoms with E-state index in [1.807, 2.05) is 6.08 Å². The summed E-state index contributed by atoms with van der Waals surface area (Å²) in [5.74, 6) is -0.257. The molecule has 2 aliphatic rings. The van der Waals surface area contributed by atoms with Crippen LogP contribution >= 0.6 is 11.3 Å². The van der Waals surface area contributed by atoms with Crippen molar-refractivity contribution < 1.29 is 19.4 Å². The molecule has 2 amide bonds. The Balaban J connectivity index is 1.44. The third-order valence-electron chi connectivity index (χ3n) is 4.96. The summed E-state index contributed by atoms with van der Waals surface area (Å²) in [5.41, 5.74) is 0. The fourth-order valence-corrected chi connectivity index (χ4v) is 4.02. The number of ether oxygens (including phenoxy) is 1. The number of likely N-dealkylation sites (tertiary alicyclic amines) is 1. The molecule has 3 rings (SSSR count). The summed E-state index contributed by atoms with van der Waals surface area (Å²) in [6.45, 7) is 2.64. The van der Waals surface area contributed by atoms with Gasteiger partial charge in [-0.1, -0.05) is 18.6 Å². The van der Waals surface area contributed by atoms with E-state index in [1.54, 1.807) is 17.7 Å². The molecule has 1 aromatic heterocycles. The zero-order valence-corrected chi connectivity index (χ0v) is 16.7. The molecule has 3 atom stereocenters. The van der Waals surface area contributed by atoms with Crippen molar-refractivity contribution in [3.8, 4) is 0 Å². The van der Waals surface area contributed by atoms with Gasteiger partial charge in [0, 0.05) is 24.5 Å². The van der Waals surface area contributed by atoms with E-state index in [1.165, 1.54) is 30.6 Å². The van der Waals surface area contributed by atoms with Gasteiger partial charge in [-0.25, -0.2) is 4.98 Å². The third kappa shape index (κ3) is 6.37. The number of amides is 2. The number of aromatic nitrogens is 1. The van der Waals surface area contributed by atoms with Crippen LogP contribution < -0.4 is 10.6 Å². The van der Waals surface area contributed by atoms with Gasteiger partial charge < -0.3 is 25.4 Å². The van der Waals surface area contributed by atoms with E-state index >= 15 is 0 Å². The molecule has 28 heavy (non-hydrogen) atoms. The van der Waals surface area contributed by atoms with E-state index < -0.39 is 18.2 Å². The predicted octanol–water partition coefficient (Wildman–Crippen LogP) is 1.15. The average Bonchev–Trinajstić information content (AvgIpc) is 3.21. The zero-order chi connectivity index (χ0) is 19.8. The number of rotatable bonds is 8. The van der Waals surface area contributed by atoms with Crippen LogP contribution in [0.5, 0.6) is 0 Å². The summed E-state index contributed by atoms with van der Waals surface area (Å²) < 4.78 is 5.79. The lowest BCUT2D eigenvalue weighted by Crippen LogP contribution is -2.49. The van der Waals surface area contributed by atoms with Crippen LogP contribution in [0.2, 0.25) is 0 Å². The van der Waals surface area contributed by atoms with Crippen LogP contribution in [-0.4, -0.2) is 71.3 Å². The summed E-state index contributed by atoms with van der Waals surface area (Å²) in [7, 11) is 0. The molecule has 0 saturated carbocycles. The van der Waals surface area contributed by atoms with Gasteiger partial charge in [0.2, 0.25) is 11.8 Å². The van der Waals surface area contributed by atoms with E-state index in [2.05, 4.69) is 20.5 Å². The Bertz CT molecular complexity index is 661. The predicted molar refractivity (Wildman–Crippen MR) is 107 cm³/mol. The lowest BCUT2D eigenvalue weighted by Gasteiger charge is -2.32. The topological polar surface area (TPSA) is 104 Å². The van der Waals surface area contributed by atoms with Crippen molar-refractivity contribution >= 4 is 28.3 Å². The van der Waals surface area contributed by atoms with E-state index in [-0.39, 0.29) is 24.8 Å². The lowest BCUT2D eigenvalue weighted by molar-refractivity contribution is -0.126. The van der Waals surface area contributed by atoms with Gasteiger partial charge in [-0.05, 0) is 25.9 Å². The number of nitrogens with one attached hydrogen (secondary N) is 2. The second-order valence-corrected chi connectivity index (χ2v) is 8.01. The first-order chi connectivity index (χ1) is 13.6. The highest BCUT2D eigenvalue weighted by Crippen LogP contribution is 2.18. The Morgan fingerprint density at radius 3 is 2.79 bits per heavy atom. The van der Waals surface area contributed by atoms with E-state index in [4.69, 9.17) is 4.74 Å². The van der Waals surface area contributed by atoms with E-state index in [0.717, 1.165) is 19.6 Å². The summed E-state index contributed by atoms with van der Waals surface area (Å²) >= 11 is 1.35. The number of nitrogens with zero attached hydrogens (tertiary/aromatic N) is 2. The van der Waals surface area contributed by atoms with Crippen molar-refractivity contribution in [2.45, 2.75) is 50.4 Å². The van der Waals surface area contributed by atoms with Gasteiger partial charge in [0.05, 0.1) is 25.2 Å². The maximum atomic E-state index is 12.3. The Morgan fingerprint density at radius 1 is 1.25 bits per heavy atom. The van der Waals surface area contributed by atoms with Gasteiger partial charge >= 0.3 is 0 Å². The van der Waals surface area contributed by atoms with E-state index in [0.29, 0.717) is 11.6 Å². The molecule has 0 radical (unpaired) electrons. The second kappa shape index (κ2) is 10.7.